The maximum absolute atomic E-state index is 11.1. The van der Waals surface area contributed by atoms with E-state index in [-0.39, 0.29) is 11.3 Å². The summed E-state index contributed by atoms with van der Waals surface area (Å²) in [5.41, 5.74) is 11.0. The molecule has 1 aromatic carbocycles. The molecule has 0 spiro atoms. The van der Waals surface area contributed by atoms with Gasteiger partial charge in [0.25, 0.3) is 0 Å². The first-order valence-electron chi connectivity index (χ1n) is 4.76. The van der Waals surface area contributed by atoms with Crippen LogP contribution in [0.5, 0.6) is 11.5 Å². The highest BCUT2D eigenvalue weighted by molar-refractivity contribution is 5.95. The van der Waals surface area contributed by atoms with Crippen molar-refractivity contribution in [2.24, 2.45) is 11.5 Å². The van der Waals surface area contributed by atoms with Gasteiger partial charge in [0.15, 0.2) is 11.5 Å². The molecule has 0 aromatic heterocycles. The first kappa shape index (κ1) is 13.1. The van der Waals surface area contributed by atoms with E-state index in [0.29, 0.717) is 11.5 Å². The van der Waals surface area contributed by atoms with E-state index in [1.807, 2.05) is 0 Å². The van der Waals surface area contributed by atoms with Gasteiger partial charge >= 0.3 is 5.97 Å². The predicted molar refractivity (Wildman–Crippen MR) is 62.3 cm³/mol. The molecule has 0 saturated carbocycles. The van der Waals surface area contributed by atoms with Gasteiger partial charge in [0, 0.05) is 12.1 Å². The zero-order valence-corrected chi connectivity index (χ0v) is 9.56. The molecular weight excluding hydrogens is 226 g/mol. The number of hydrogen-bond acceptors (Lipinski definition) is 6. The van der Waals surface area contributed by atoms with Crippen LogP contribution in [0.3, 0.4) is 0 Å². The number of aromatic carboxylic acids is 1. The molecule has 94 valence electrons. The number of benzene rings is 1. The highest BCUT2D eigenvalue weighted by Crippen LogP contribution is 2.33. The summed E-state index contributed by atoms with van der Waals surface area (Å²) in [4.78, 5) is 11.1. The molecule has 0 atom stereocenters. The normalized spacial score (nSPS) is 10.2. The Hall–Kier alpha value is -1.99. The molecule has 7 nitrogen and oxygen atoms in total. The minimum absolute atomic E-state index is 0.00329. The van der Waals surface area contributed by atoms with Crippen LogP contribution < -0.4 is 26.3 Å². The van der Waals surface area contributed by atoms with Gasteiger partial charge in [-0.15, -0.1) is 0 Å². The molecule has 0 heterocycles. The fourth-order valence-corrected chi connectivity index (χ4v) is 1.35. The van der Waals surface area contributed by atoms with E-state index < -0.39 is 12.3 Å². The molecule has 1 rings (SSSR count). The third kappa shape index (κ3) is 2.99. The zero-order valence-electron chi connectivity index (χ0n) is 9.56. The van der Waals surface area contributed by atoms with Gasteiger partial charge < -0.3 is 19.9 Å². The molecule has 0 aliphatic rings. The van der Waals surface area contributed by atoms with Gasteiger partial charge in [0.1, 0.15) is 6.29 Å². The van der Waals surface area contributed by atoms with E-state index in [1.165, 1.54) is 26.4 Å². The van der Waals surface area contributed by atoms with Crippen molar-refractivity contribution in [3.05, 3.63) is 17.7 Å². The summed E-state index contributed by atoms with van der Waals surface area (Å²) in [6.45, 7) is 0. The molecule has 0 saturated heterocycles. The number of carboxylic acid groups (broad SMARTS) is 1. The van der Waals surface area contributed by atoms with Crippen LogP contribution >= 0.6 is 0 Å². The van der Waals surface area contributed by atoms with Crippen LogP contribution in [0.2, 0.25) is 0 Å². The van der Waals surface area contributed by atoms with Crippen molar-refractivity contribution in [3.63, 3.8) is 0 Å². The number of methoxy groups -OCH3 is 2. The van der Waals surface area contributed by atoms with Gasteiger partial charge in [-0.2, -0.15) is 0 Å². The van der Waals surface area contributed by atoms with Crippen molar-refractivity contribution < 1.29 is 19.4 Å². The Morgan fingerprint density at radius 3 is 2.24 bits per heavy atom. The molecule has 0 radical (unpaired) electrons. The number of hydrogen-bond donors (Lipinski definition) is 4. The maximum Gasteiger partial charge on any atom is 0.337 e. The minimum atomic E-state index is -1.12. The first-order chi connectivity index (χ1) is 7.99. The molecule has 1 aromatic rings. The standard InChI is InChI=1S/C10H15N3O4/c1-16-7-3-5(9(14)15)6(13-10(11)12)4-8(7)17-2/h3-4,10,13H,11-12H2,1-2H3,(H,14,15). The lowest BCUT2D eigenvalue weighted by Gasteiger charge is -2.16. The largest absolute Gasteiger partial charge is 0.493 e. The number of rotatable bonds is 5. The molecule has 0 aliphatic heterocycles. The van der Waals surface area contributed by atoms with Gasteiger partial charge in [-0.1, -0.05) is 0 Å². The van der Waals surface area contributed by atoms with Crippen molar-refractivity contribution >= 4 is 11.7 Å². The number of carboxylic acids is 1. The molecule has 0 amide bonds. The topological polar surface area (TPSA) is 120 Å². The molecule has 0 bridgehead atoms. The molecule has 17 heavy (non-hydrogen) atoms. The van der Waals surface area contributed by atoms with Crippen LogP contribution in [-0.4, -0.2) is 31.6 Å². The van der Waals surface area contributed by atoms with Crippen LogP contribution in [-0.2, 0) is 0 Å². The number of carbonyl (C=O) groups is 1. The Balaban J connectivity index is 3.29. The molecule has 0 aliphatic carbocycles. The Labute approximate surface area is 98.3 Å². The van der Waals surface area contributed by atoms with E-state index in [9.17, 15) is 4.79 Å². The third-order valence-electron chi connectivity index (χ3n) is 2.08. The van der Waals surface area contributed by atoms with Gasteiger partial charge in [0.2, 0.25) is 0 Å². The SMILES string of the molecule is COc1cc(NC(N)N)c(C(=O)O)cc1OC. The second-order valence-electron chi connectivity index (χ2n) is 3.23. The van der Waals surface area contributed by atoms with Crippen LogP contribution in [0, 0.1) is 0 Å². The summed E-state index contributed by atoms with van der Waals surface area (Å²) in [5.74, 6) is -0.407. The van der Waals surface area contributed by atoms with E-state index >= 15 is 0 Å². The molecule has 0 unspecified atom stereocenters. The second kappa shape index (κ2) is 5.37. The molecule has 0 fully saturated rings. The van der Waals surface area contributed by atoms with Gasteiger partial charge in [0.05, 0.1) is 25.5 Å². The van der Waals surface area contributed by atoms with Crippen molar-refractivity contribution in [1.82, 2.24) is 0 Å². The van der Waals surface area contributed by atoms with Crippen LogP contribution in [0.1, 0.15) is 10.4 Å². The zero-order chi connectivity index (χ0) is 13.0. The van der Waals surface area contributed by atoms with Gasteiger partial charge in [-0.3, -0.25) is 11.5 Å². The number of ether oxygens (including phenoxy) is 2. The summed E-state index contributed by atoms with van der Waals surface area (Å²) in [5, 5.41) is 11.7. The molecule has 7 heteroatoms. The van der Waals surface area contributed by atoms with E-state index in [1.54, 1.807) is 0 Å². The number of anilines is 1. The summed E-state index contributed by atoms with van der Waals surface area (Å²) >= 11 is 0. The van der Waals surface area contributed by atoms with E-state index in [0.717, 1.165) is 0 Å². The lowest BCUT2D eigenvalue weighted by molar-refractivity contribution is 0.0697. The summed E-state index contributed by atoms with van der Waals surface area (Å²) in [6, 6.07) is 2.81. The van der Waals surface area contributed by atoms with Crippen molar-refractivity contribution in [2.45, 2.75) is 6.29 Å². The van der Waals surface area contributed by atoms with Crippen molar-refractivity contribution in [2.75, 3.05) is 19.5 Å². The lowest BCUT2D eigenvalue weighted by atomic mass is 10.1. The van der Waals surface area contributed by atoms with Crippen molar-refractivity contribution in [1.29, 1.82) is 0 Å². The average molecular weight is 241 g/mol. The molecule has 6 N–H and O–H groups in total. The molecular formula is C10H15N3O4. The fraction of sp³-hybridized carbons (Fsp3) is 0.300. The smallest absolute Gasteiger partial charge is 0.337 e. The highest BCUT2D eigenvalue weighted by Gasteiger charge is 2.16. The van der Waals surface area contributed by atoms with Gasteiger partial charge in [-0.05, 0) is 0 Å². The highest BCUT2D eigenvalue weighted by atomic mass is 16.5. The second-order valence-corrected chi connectivity index (χ2v) is 3.23. The third-order valence-corrected chi connectivity index (χ3v) is 2.08. The summed E-state index contributed by atoms with van der Waals surface area (Å²) < 4.78 is 10.1. The van der Waals surface area contributed by atoms with Crippen molar-refractivity contribution in [3.8, 4) is 11.5 Å². The Morgan fingerprint density at radius 1 is 1.29 bits per heavy atom. The van der Waals surface area contributed by atoms with Crippen LogP contribution in [0.4, 0.5) is 5.69 Å². The van der Waals surface area contributed by atoms with Crippen LogP contribution in [0.15, 0.2) is 12.1 Å². The Morgan fingerprint density at radius 2 is 1.82 bits per heavy atom. The summed E-state index contributed by atoms with van der Waals surface area (Å²) in [7, 11) is 2.87. The minimum Gasteiger partial charge on any atom is -0.493 e. The summed E-state index contributed by atoms with van der Waals surface area (Å²) in [6.07, 6.45) is -0.869. The average Bonchev–Trinajstić information content (AvgIpc) is 2.27. The maximum atomic E-state index is 11.1. The van der Waals surface area contributed by atoms with Gasteiger partial charge in [-0.25, -0.2) is 4.79 Å². The predicted octanol–water partition coefficient (Wildman–Crippen LogP) is 0.0149. The monoisotopic (exact) mass is 241 g/mol. The quantitative estimate of drug-likeness (QED) is 0.536. The Bertz CT molecular complexity index is 420. The van der Waals surface area contributed by atoms with E-state index in [4.69, 9.17) is 26.0 Å². The lowest BCUT2D eigenvalue weighted by Crippen LogP contribution is -2.39. The first-order valence-corrected chi connectivity index (χ1v) is 4.76. The Kier molecular flexibility index (Phi) is 4.13. The fourth-order valence-electron chi connectivity index (χ4n) is 1.35. The van der Waals surface area contributed by atoms with E-state index in [2.05, 4.69) is 5.32 Å². The van der Waals surface area contributed by atoms with Crippen LogP contribution in [0.25, 0.3) is 0 Å². The number of nitrogens with one attached hydrogen (secondary N) is 1. The number of nitrogens with two attached hydrogens (primary N) is 2.